The van der Waals surface area contributed by atoms with Crippen LogP contribution in [0.4, 0.5) is 0 Å². The number of benzene rings is 1. The molecule has 2 heteroatoms. The van der Waals surface area contributed by atoms with Crippen LogP contribution in [0.3, 0.4) is 0 Å². The van der Waals surface area contributed by atoms with Crippen molar-refractivity contribution in [1.82, 2.24) is 0 Å². The van der Waals surface area contributed by atoms with Crippen molar-refractivity contribution in [2.24, 2.45) is 0 Å². The van der Waals surface area contributed by atoms with E-state index in [2.05, 4.69) is 18.7 Å². The summed E-state index contributed by atoms with van der Waals surface area (Å²) in [6.45, 7) is 2.02. The number of aryl methyl sites for hydroxylation is 1. The van der Waals surface area contributed by atoms with Crippen molar-refractivity contribution in [3.05, 3.63) is 29.8 Å². The average molecular weight is 256 g/mol. The predicted octanol–water partition coefficient (Wildman–Crippen LogP) is -0.912. The van der Waals surface area contributed by atoms with Crippen molar-refractivity contribution in [2.45, 2.75) is 11.8 Å². The fourth-order valence-electron chi connectivity index (χ4n) is 0.575. The summed E-state index contributed by atoms with van der Waals surface area (Å²) in [7, 11) is 0. The summed E-state index contributed by atoms with van der Waals surface area (Å²) in [6, 6.07) is 8.73. The molecule has 0 nitrogen and oxygen atoms in total. The molecule has 0 aliphatic rings. The van der Waals surface area contributed by atoms with Gasteiger partial charge in [-0.2, -0.15) is 29.8 Å². The van der Waals surface area contributed by atoms with Gasteiger partial charge in [-0.25, -0.2) is 12.6 Å². The molecule has 0 saturated carbocycles. The van der Waals surface area contributed by atoms with Crippen LogP contribution < -0.4 is 68.9 Å². The fourth-order valence-corrected chi connectivity index (χ4v) is 0.853. The largest absolute Gasteiger partial charge is 1.00 e. The standard InChI is InChI=1S/C7H7S.Cs/c1-6-3-2-4-7(8)5-6;/h3-5,8H,1H3;/q-1;+1. The Morgan fingerprint density at radius 3 is 2.44 bits per heavy atom. The van der Waals surface area contributed by atoms with Crippen molar-refractivity contribution in [2.75, 3.05) is 0 Å². The van der Waals surface area contributed by atoms with Crippen molar-refractivity contribution in [3.63, 3.8) is 0 Å². The van der Waals surface area contributed by atoms with Gasteiger partial charge in [0.2, 0.25) is 0 Å². The van der Waals surface area contributed by atoms with Crippen molar-refractivity contribution in [1.29, 1.82) is 0 Å². The first kappa shape index (κ1) is 10.6. The van der Waals surface area contributed by atoms with Crippen molar-refractivity contribution >= 4 is 12.6 Å². The van der Waals surface area contributed by atoms with Gasteiger partial charge < -0.3 is 0 Å². The van der Waals surface area contributed by atoms with E-state index in [0.717, 1.165) is 4.90 Å². The van der Waals surface area contributed by atoms with E-state index < -0.39 is 0 Å². The third-order valence-corrected chi connectivity index (χ3v) is 1.18. The molecular formula is C7H7CsS. The molecule has 0 aliphatic heterocycles. The Hall–Kier alpha value is 1.62. The van der Waals surface area contributed by atoms with Gasteiger partial charge in [0.05, 0.1) is 0 Å². The number of hydrogen-bond donors (Lipinski definition) is 1. The van der Waals surface area contributed by atoms with E-state index in [0.29, 0.717) is 0 Å². The second-order valence-corrected chi connectivity index (χ2v) is 2.28. The summed E-state index contributed by atoms with van der Waals surface area (Å²) in [6.07, 6.45) is 0. The minimum atomic E-state index is 0. The molecule has 0 aliphatic carbocycles. The van der Waals surface area contributed by atoms with E-state index >= 15 is 0 Å². The maximum absolute atomic E-state index is 4.12. The van der Waals surface area contributed by atoms with Gasteiger partial charge in [-0.3, -0.25) is 0 Å². The monoisotopic (exact) mass is 256 g/mol. The Kier molecular flexibility index (Phi) is 6.25. The molecule has 9 heavy (non-hydrogen) atoms. The molecule has 1 aromatic rings. The van der Waals surface area contributed by atoms with Crippen LogP contribution >= 0.6 is 12.6 Å². The molecule has 0 amide bonds. The molecule has 0 saturated heterocycles. The number of rotatable bonds is 0. The second kappa shape index (κ2) is 5.30. The Morgan fingerprint density at radius 1 is 1.44 bits per heavy atom. The maximum atomic E-state index is 4.12. The van der Waals surface area contributed by atoms with Gasteiger partial charge in [-0.05, 0) is 0 Å². The first-order valence-corrected chi connectivity index (χ1v) is 2.90. The summed E-state index contributed by atoms with van der Waals surface area (Å²) < 4.78 is 0. The Labute approximate surface area is 120 Å². The van der Waals surface area contributed by atoms with E-state index in [1.54, 1.807) is 0 Å². The summed E-state index contributed by atoms with van der Waals surface area (Å²) in [4.78, 5) is 0.977. The van der Waals surface area contributed by atoms with E-state index in [1.165, 1.54) is 5.56 Å². The molecule has 0 bridgehead atoms. The van der Waals surface area contributed by atoms with Gasteiger partial charge in [-0.1, -0.05) is 6.92 Å². The Morgan fingerprint density at radius 2 is 2.11 bits per heavy atom. The van der Waals surface area contributed by atoms with Crippen LogP contribution in [0.25, 0.3) is 0 Å². The molecule has 1 rings (SSSR count). The van der Waals surface area contributed by atoms with Gasteiger partial charge in [0.15, 0.2) is 0 Å². The minimum Gasteiger partial charge on any atom is -0.213 e. The van der Waals surface area contributed by atoms with Crippen molar-refractivity contribution < 1.29 is 68.9 Å². The van der Waals surface area contributed by atoms with Gasteiger partial charge in [-0.15, -0.1) is 4.90 Å². The third kappa shape index (κ3) is 4.14. The SMILES string of the molecule is Cc1c[c-]cc(S)c1.[Cs+]. The molecule has 0 fully saturated rings. The summed E-state index contributed by atoms with van der Waals surface area (Å²) in [5.74, 6) is 0. The molecular weight excluding hydrogens is 249 g/mol. The van der Waals surface area contributed by atoms with E-state index in [9.17, 15) is 0 Å². The summed E-state index contributed by atoms with van der Waals surface area (Å²) in [5, 5.41) is 0. The first-order valence-electron chi connectivity index (χ1n) is 2.46. The number of hydrogen-bond acceptors (Lipinski definition) is 1. The second-order valence-electron chi connectivity index (χ2n) is 1.77. The molecule has 42 valence electrons. The van der Waals surface area contributed by atoms with Gasteiger partial charge >= 0.3 is 68.9 Å². The topological polar surface area (TPSA) is 0 Å². The quantitative estimate of drug-likeness (QED) is 0.451. The predicted molar refractivity (Wildman–Crippen MR) is 37.3 cm³/mol. The van der Waals surface area contributed by atoms with Crippen LogP contribution in [0.15, 0.2) is 23.1 Å². The average Bonchev–Trinajstić information content (AvgIpc) is 1.64. The zero-order chi connectivity index (χ0) is 5.98. The van der Waals surface area contributed by atoms with E-state index in [4.69, 9.17) is 0 Å². The molecule has 0 radical (unpaired) electrons. The maximum Gasteiger partial charge on any atom is 1.00 e. The zero-order valence-corrected chi connectivity index (χ0v) is 12.9. The van der Waals surface area contributed by atoms with Crippen LogP contribution in [0.5, 0.6) is 0 Å². The fraction of sp³-hybridized carbons (Fsp3) is 0.143. The normalized spacial score (nSPS) is 8.22. The molecule has 0 unspecified atom stereocenters. The minimum absolute atomic E-state index is 0. The first-order chi connectivity index (χ1) is 3.79. The van der Waals surface area contributed by atoms with Crippen molar-refractivity contribution in [3.8, 4) is 0 Å². The van der Waals surface area contributed by atoms with Gasteiger partial charge in [0.25, 0.3) is 0 Å². The van der Waals surface area contributed by atoms with E-state index in [-0.39, 0.29) is 68.9 Å². The van der Waals surface area contributed by atoms with E-state index in [1.807, 2.05) is 25.1 Å². The molecule has 1 aromatic carbocycles. The van der Waals surface area contributed by atoms with Gasteiger partial charge in [0.1, 0.15) is 0 Å². The molecule has 0 heterocycles. The Balaban J connectivity index is 0.000000640. The molecule has 0 N–H and O–H groups in total. The zero-order valence-electron chi connectivity index (χ0n) is 5.68. The summed E-state index contributed by atoms with van der Waals surface area (Å²) >= 11 is 4.12. The van der Waals surface area contributed by atoms with Crippen LogP contribution in [-0.2, 0) is 0 Å². The van der Waals surface area contributed by atoms with Crippen LogP contribution in [0.2, 0.25) is 0 Å². The Bertz CT molecular complexity index is 169. The smallest absolute Gasteiger partial charge is 0.213 e. The third-order valence-electron chi connectivity index (χ3n) is 0.918. The molecule has 0 aromatic heterocycles. The molecule has 0 atom stereocenters. The van der Waals surface area contributed by atoms with Gasteiger partial charge in [0, 0.05) is 0 Å². The molecule has 0 spiro atoms. The van der Waals surface area contributed by atoms with Crippen LogP contribution in [0.1, 0.15) is 5.56 Å². The number of thiol groups is 1. The van der Waals surface area contributed by atoms with Crippen LogP contribution in [0, 0.1) is 13.0 Å². The van der Waals surface area contributed by atoms with Crippen LogP contribution in [-0.4, -0.2) is 0 Å². The summed E-state index contributed by atoms with van der Waals surface area (Å²) in [5.41, 5.74) is 1.21.